The summed E-state index contributed by atoms with van der Waals surface area (Å²) in [5.41, 5.74) is 1.07. The van der Waals surface area contributed by atoms with Crippen molar-refractivity contribution < 1.29 is 37.7 Å². The van der Waals surface area contributed by atoms with Gasteiger partial charge in [0.25, 0.3) is 0 Å². The van der Waals surface area contributed by atoms with Gasteiger partial charge in [0, 0.05) is 18.2 Å². The Labute approximate surface area is 115 Å². The molecule has 0 aliphatic heterocycles. The van der Waals surface area contributed by atoms with Crippen molar-refractivity contribution in [2.75, 3.05) is 0 Å². The number of fused-ring (bicyclic) bond motifs is 2. The molecule has 0 unspecified atom stereocenters. The van der Waals surface area contributed by atoms with Crippen LogP contribution in [0.5, 0.6) is 0 Å². The molecule has 106 valence electrons. The van der Waals surface area contributed by atoms with Gasteiger partial charge in [0.1, 0.15) is 5.82 Å². The first kappa shape index (κ1) is 14.6. The monoisotopic (exact) mass is 300 g/mol. The van der Waals surface area contributed by atoms with Gasteiger partial charge in [-0.05, 0) is 17.5 Å². The van der Waals surface area contributed by atoms with Crippen LogP contribution in [0.4, 0.5) is 4.39 Å². The van der Waals surface area contributed by atoms with Crippen molar-refractivity contribution >= 4 is 16.3 Å². The number of benzene rings is 1. The molecule has 0 bridgehead atoms. The number of hydrogen-bond acceptors (Lipinski definition) is 4. The molecular formula is C13H12ClFNO4+. The quantitative estimate of drug-likeness (QED) is 0.398. The second kappa shape index (κ2) is 5.66. The Morgan fingerprint density at radius 3 is 2.45 bits per heavy atom. The summed E-state index contributed by atoms with van der Waals surface area (Å²) in [4.78, 5) is 0. The van der Waals surface area contributed by atoms with Crippen LogP contribution in [0.1, 0.15) is 0 Å². The van der Waals surface area contributed by atoms with Gasteiger partial charge in [-0.25, -0.2) is 4.39 Å². The number of rotatable bonds is 0. The summed E-state index contributed by atoms with van der Waals surface area (Å²) < 4.78 is 45.6. The fraction of sp³-hybridized carbons (Fsp3) is 0. The second-order valence-electron chi connectivity index (χ2n) is 3.98. The van der Waals surface area contributed by atoms with Gasteiger partial charge in [-0.15, -0.1) is 0 Å². The van der Waals surface area contributed by atoms with Crippen LogP contribution in [0.3, 0.4) is 0 Å². The molecule has 0 atom stereocenters. The van der Waals surface area contributed by atoms with Crippen LogP contribution < -0.4 is 9.06 Å². The SMILES string of the molecule is Fc1cccc2cc3cccc[n+]3cc12.[O-][Cl+](O)(O)O. The van der Waals surface area contributed by atoms with Crippen LogP contribution in [-0.2, 0) is 0 Å². The molecule has 3 N–H and O–H groups in total. The number of aromatic nitrogens is 1. The minimum absolute atomic E-state index is 0.175. The van der Waals surface area contributed by atoms with E-state index in [1.807, 2.05) is 47.1 Å². The Hall–Kier alpha value is -1.83. The zero-order valence-corrected chi connectivity index (χ0v) is 10.9. The predicted octanol–water partition coefficient (Wildman–Crippen LogP) is -0.142. The number of nitrogens with zero attached hydrogens (tertiary/aromatic N) is 1. The summed E-state index contributed by atoms with van der Waals surface area (Å²) in [6.07, 6.45) is 3.74. The van der Waals surface area contributed by atoms with Crippen LogP contribution in [0.25, 0.3) is 16.3 Å². The summed E-state index contributed by atoms with van der Waals surface area (Å²) in [6.45, 7) is 0. The summed E-state index contributed by atoms with van der Waals surface area (Å²) in [5.74, 6) is -0.175. The molecule has 0 saturated heterocycles. The molecule has 0 fully saturated rings. The molecule has 3 rings (SSSR count). The molecule has 3 aromatic rings. The van der Waals surface area contributed by atoms with Crippen LogP contribution in [-0.4, -0.2) is 14.0 Å². The van der Waals surface area contributed by atoms with Crippen molar-refractivity contribution in [2.45, 2.75) is 0 Å². The maximum absolute atomic E-state index is 13.5. The van der Waals surface area contributed by atoms with Crippen molar-refractivity contribution in [3.63, 3.8) is 0 Å². The predicted molar refractivity (Wildman–Crippen MR) is 63.7 cm³/mol. The topological polar surface area (TPSA) is 87.9 Å². The Morgan fingerprint density at radius 1 is 1.05 bits per heavy atom. The first-order valence-electron chi connectivity index (χ1n) is 5.49. The number of halogens is 2. The van der Waals surface area contributed by atoms with E-state index < -0.39 is 10.2 Å². The van der Waals surface area contributed by atoms with Gasteiger partial charge in [-0.1, -0.05) is 12.1 Å². The van der Waals surface area contributed by atoms with E-state index in [-0.39, 0.29) is 5.82 Å². The summed E-state index contributed by atoms with van der Waals surface area (Å²) in [5, 5.41) is 1.59. The van der Waals surface area contributed by atoms with Gasteiger partial charge in [0.15, 0.2) is 12.4 Å². The van der Waals surface area contributed by atoms with E-state index in [0.717, 1.165) is 10.9 Å². The molecule has 0 aliphatic carbocycles. The van der Waals surface area contributed by atoms with Gasteiger partial charge in [-0.3, -0.25) is 0 Å². The first-order valence-corrected chi connectivity index (χ1v) is 6.81. The zero-order valence-electron chi connectivity index (χ0n) is 10.1. The normalized spacial score (nSPS) is 12.1. The van der Waals surface area contributed by atoms with E-state index >= 15 is 0 Å². The molecule has 20 heavy (non-hydrogen) atoms. The third kappa shape index (κ3) is 3.83. The Bertz CT molecular complexity index is 739. The van der Waals surface area contributed by atoms with Crippen molar-refractivity contribution in [1.82, 2.24) is 0 Å². The third-order valence-electron chi connectivity index (χ3n) is 2.58. The van der Waals surface area contributed by atoms with E-state index in [2.05, 4.69) is 0 Å². The molecule has 7 heteroatoms. The number of pyridine rings is 2. The third-order valence-corrected chi connectivity index (χ3v) is 2.58. The molecular weight excluding hydrogens is 289 g/mol. The van der Waals surface area contributed by atoms with Crippen LogP contribution in [0, 0.1) is 16.1 Å². The molecule has 0 saturated carbocycles. The minimum atomic E-state index is -4.19. The van der Waals surface area contributed by atoms with Crippen LogP contribution in [0.2, 0.25) is 0 Å². The van der Waals surface area contributed by atoms with Crippen molar-refractivity contribution in [2.24, 2.45) is 0 Å². The molecule has 1 aromatic carbocycles. The van der Waals surface area contributed by atoms with E-state index in [1.165, 1.54) is 6.07 Å². The van der Waals surface area contributed by atoms with Crippen LogP contribution in [0.15, 0.2) is 54.9 Å². The van der Waals surface area contributed by atoms with E-state index in [1.54, 1.807) is 6.07 Å². The van der Waals surface area contributed by atoms with Crippen molar-refractivity contribution in [3.05, 3.63) is 60.7 Å². The second-order valence-corrected chi connectivity index (χ2v) is 4.85. The van der Waals surface area contributed by atoms with E-state index in [9.17, 15) is 4.39 Å². The Kier molecular flexibility index (Phi) is 4.12. The average Bonchev–Trinajstić information content (AvgIpc) is 2.35. The summed E-state index contributed by atoms with van der Waals surface area (Å²) in [6, 6.07) is 13.0. The fourth-order valence-corrected chi connectivity index (χ4v) is 1.82. The van der Waals surface area contributed by atoms with E-state index in [4.69, 9.17) is 18.6 Å². The van der Waals surface area contributed by atoms with Crippen molar-refractivity contribution in [1.29, 1.82) is 0 Å². The molecule has 0 amide bonds. The fourth-order valence-electron chi connectivity index (χ4n) is 1.82. The molecule has 2 aromatic heterocycles. The molecule has 0 aliphatic rings. The average molecular weight is 301 g/mol. The van der Waals surface area contributed by atoms with E-state index in [0.29, 0.717) is 5.39 Å². The zero-order chi connectivity index (χ0) is 14.8. The molecule has 0 spiro atoms. The molecule has 2 heterocycles. The van der Waals surface area contributed by atoms with Crippen molar-refractivity contribution in [3.8, 4) is 0 Å². The summed E-state index contributed by atoms with van der Waals surface area (Å²) in [7, 11) is -4.19. The summed E-state index contributed by atoms with van der Waals surface area (Å²) >= 11 is 0. The Balaban J connectivity index is 0.000000257. The van der Waals surface area contributed by atoms with Gasteiger partial charge < -0.3 is 0 Å². The van der Waals surface area contributed by atoms with Gasteiger partial charge in [0.2, 0.25) is 5.52 Å². The molecule has 5 nitrogen and oxygen atoms in total. The standard InChI is InChI=1S/C13H9FN.ClH3O4/c14-13-6-3-4-10-8-11-5-1-2-7-15(11)9-12(10)13;2-1(3,4)5/h1-9H;2-4H/q+1;. The molecule has 0 radical (unpaired) electrons. The number of hydrogen-bond donors (Lipinski definition) is 3. The van der Waals surface area contributed by atoms with Crippen LogP contribution >= 0.6 is 0 Å². The van der Waals surface area contributed by atoms with Gasteiger partial charge in [0.05, 0.1) is 5.39 Å². The maximum atomic E-state index is 13.5. The van der Waals surface area contributed by atoms with Gasteiger partial charge >= 0.3 is 28.9 Å². The first-order chi connectivity index (χ1) is 9.34. The van der Waals surface area contributed by atoms with Gasteiger partial charge in [-0.2, -0.15) is 4.40 Å². The Morgan fingerprint density at radius 2 is 1.75 bits per heavy atom.